The zero-order chi connectivity index (χ0) is 17.0. The molecule has 23 heavy (non-hydrogen) atoms. The Labute approximate surface area is 149 Å². The highest BCUT2D eigenvalue weighted by Crippen LogP contribution is 2.22. The maximum Gasteiger partial charge on any atom is 0.235 e. The van der Waals surface area contributed by atoms with Gasteiger partial charge in [0.05, 0.1) is 17.1 Å². The van der Waals surface area contributed by atoms with Crippen molar-refractivity contribution < 1.29 is 14.6 Å². The summed E-state index contributed by atoms with van der Waals surface area (Å²) in [5.74, 6) is -0.406. The SMILES string of the molecule is COc1cccc(/C=C\C(=O)c2cc(Br)cc(Br)c(=O)c2O)c1. The second kappa shape index (κ2) is 7.57. The molecular weight excluding hydrogens is 428 g/mol. The van der Waals surface area contributed by atoms with E-state index in [0.29, 0.717) is 10.2 Å². The summed E-state index contributed by atoms with van der Waals surface area (Å²) in [6, 6.07) is 10.0. The molecule has 0 fully saturated rings. The van der Waals surface area contributed by atoms with Crippen LogP contribution >= 0.6 is 31.9 Å². The molecule has 0 aliphatic carbocycles. The third-order valence-electron chi connectivity index (χ3n) is 3.02. The molecule has 2 aromatic rings. The van der Waals surface area contributed by atoms with E-state index >= 15 is 0 Å². The van der Waals surface area contributed by atoms with Crippen LogP contribution in [0.1, 0.15) is 15.9 Å². The van der Waals surface area contributed by atoms with Gasteiger partial charge in [-0.15, -0.1) is 0 Å². The molecule has 2 aromatic carbocycles. The van der Waals surface area contributed by atoms with Crippen molar-refractivity contribution in [3.63, 3.8) is 0 Å². The first-order valence-corrected chi connectivity index (χ1v) is 8.09. The molecule has 0 amide bonds. The molecule has 0 unspecified atom stereocenters. The fraction of sp³-hybridized carbons (Fsp3) is 0.0588. The lowest BCUT2D eigenvalue weighted by molar-refractivity contribution is 0.104. The number of carbonyl (C=O) groups excluding carboxylic acids is 1. The normalized spacial score (nSPS) is 10.7. The fourth-order valence-corrected chi connectivity index (χ4v) is 3.06. The van der Waals surface area contributed by atoms with E-state index in [1.165, 1.54) is 18.2 Å². The van der Waals surface area contributed by atoms with Crippen molar-refractivity contribution in [2.45, 2.75) is 0 Å². The summed E-state index contributed by atoms with van der Waals surface area (Å²) in [4.78, 5) is 24.2. The van der Waals surface area contributed by atoms with Crippen molar-refractivity contribution in [1.82, 2.24) is 0 Å². The van der Waals surface area contributed by atoms with Crippen LogP contribution in [0.3, 0.4) is 0 Å². The van der Waals surface area contributed by atoms with Crippen molar-refractivity contribution in [3.8, 4) is 11.5 Å². The zero-order valence-electron chi connectivity index (χ0n) is 12.0. The monoisotopic (exact) mass is 438 g/mol. The van der Waals surface area contributed by atoms with Crippen LogP contribution in [0.25, 0.3) is 6.08 Å². The minimum Gasteiger partial charge on any atom is -0.504 e. The molecule has 0 saturated carbocycles. The van der Waals surface area contributed by atoms with Gasteiger partial charge >= 0.3 is 0 Å². The number of methoxy groups -OCH3 is 1. The fourth-order valence-electron chi connectivity index (χ4n) is 1.86. The van der Waals surface area contributed by atoms with Gasteiger partial charge in [0.25, 0.3) is 0 Å². The molecule has 0 aromatic heterocycles. The number of ketones is 1. The van der Waals surface area contributed by atoms with E-state index in [9.17, 15) is 14.7 Å². The van der Waals surface area contributed by atoms with Crippen molar-refractivity contribution in [2.24, 2.45) is 0 Å². The predicted molar refractivity (Wildman–Crippen MR) is 96.1 cm³/mol. The second-order valence-corrected chi connectivity index (χ2v) is 6.36. The summed E-state index contributed by atoms with van der Waals surface area (Å²) in [7, 11) is 1.56. The van der Waals surface area contributed by atoms with Gasteiger partial charge in [-0.3, -0.25) is 9.59 Å². The van der Waals surface area contributed by atoms with Crippen molar-refractivity contribution >= 4 is 43.7 Å². The van der Waals surface area contributed by atoms with Gasteiger partial charge in [0.1, 0.15) is 5.75 Å². The number of allylic oxidation sites excluding steroid dienone is 1. The van der Waals surface area contributed by atoms with Gasteiger partial charge in [-0.05, 0) is 51.8 Å². The van der Waals surface area contributed by atoms with Gasteiger partial charge in [0, 0.05) is 4.47 Å². The smallest absolute Gasteiger partial charge is 0.235 e. The highest BCUT2D eigenvalue weighted by atomic mass is 79.9. The van der Waals surface area contributed by atoms with E-state index in [1.54, 1.807) is 31.4 Å². The second-order valence-electron chi connectivity index (χ2n) is 4.59. The molecule has 1 N–H and O–H groups in total. The Balaban J connectivity index is 2.40. The Bertz CT molecular complexity index is 844. The summed E-state index contributed by atoms with van der Waals surface area (Å²) < 4.78 is 5.78. The minimum atomic E-state index is -0.645. The van der Waals surface area contributed by atoms with Crippen LogP contribution in [0.2, 0.25) is 0 Å². The van der Waals surface area contributed by atoms with Crippen LogP contribution in [0.4, 0.5) is 0 Å². The van der Waals surface area contributed by atoms with Crippen molar-refractivity contribution in [1.29, 1.82) is 0 Å². The Morgan fingerprint density at radius 3 is 2.65 bits per heavy atom. The topological polar surface area (TPSA) is 63.6 Å². The van der Waals surface area contributed by atoms with Gasteiger partial charge in [-0.1, -0.05) is 34.1 Å². The molecule has 2 rings (SSSR count). The van der Waals surface area contributed by atoms with Crippen molar-refractivity contribution in [2.75, 3.05) is 7.11 Å². The Kier molecular flexibility index (Phi) is 5.74. The number of ether oxygens (including phenoxy) is 1. The van der Waals surface area contributed by atoms with Crippen LogP contribution in [0.5, 0.6) is 11.5 Å². The molecule has 118 valence electrons. The van der Waals surface area contributed by atoms with Crippen molar-refractivity contribution in [3.05, 3.63) is 72.8 Å². The van der Waals surface area contributed by atoms with Crippen LogP contribution in [0, 0.1) is 0 Å². The standard InChI is InChI=1S/C17H12Br2O4/c1-23-12-4-2-3-10(7-12)5-6-15(20)13-8-11(18)9-14(19)17(22)16(13)21/h2-9H,1H3,(H,21,22)/b6-5-. The van der Waals surface area contributed by atoms with Gasteiger partial charge in [0.15, 0.2) is 11.5 Å². The maximum absolute atomic E-state index is 12.3. The highest BCUT2D eigenvalue weighted by molar-refractivity contribution is 9.11. The lowest BCUT2D eigenvalue weighted by atomic mass is 10.1. The first kappa shape index (κ1) is 17.4. The van der Waals surface area contributed by atoms with E-state index in [1.807, 2.05) is 6.07 Å². The molecule has 0 saturated heterocycles. The predicted octanol–water partition coefficient (Wildman–Crippen LogP) is 4.18. The van der Waals surface area contributed by atoms with Crippen LogP contribution in [-0.4, -0.2) is 18.0 Å². The average Bonchev–Trinajstić information content (AvgIpc) is 2.64. The largest absolute Gasteiger partial charge is 0.504 e. The first-order valence-electron chi connectivity index (χ1n) is 6.51. The number of halogens is 2. The minimum absolute atomic E-state index is 0.0771. The third-order valence-corrected chi connectivity index (χ3v) is 4.07. The van der Waals surface area contributed by atoms with E-state index in [-0.39, 0.29) is 10.0 Å². The zero-order valence-corrected chi connectivity index (χ0v) is 15.2. The van der Waals surface area contributed by atoms with Gasteiger partial charge in [-0.2, -0.15) is 0 Å². The summed E-state index contributed by atoms with van der Waals surface area (Å²) in [5, 5.41) is 9.97. The number of benzene rings is 1. The lowest BCUT2D eigenvalue weighted by Crippen LogP contribution is -2.03. The van der Waals surface area contributed by atoms with Crippen LogP contribution in [-0.2, 0) is 0 Å². The molecule has 0 heterocycles. The number of hydrogen-bond acceptors (Lipinski definition) is 4. The van der Waals surface area contributed by atoms with Gasteiger partial charge in [-0.25, -0.2) is 0 Å². The molecule has 0 bridgehead atoms. The number of carbonyl (C=O) groups is 1. The summed E-state index contributed by atoms with van der Waals surface area (Å²) in [6.45, 7) is 0. The van der Waals surface area contributed by atoms with Gasteiger partial charge in [0.2, 0.25) is 5.43 Å². The number of hydrogen-bond donors (Lipinski definition) is 1. The highest BCUT2D eigenvalue weighted by Gasteiger charge is 2.13. The van der Waals surface area contributed by atoms with Crippen LogP contribution < -0.4 is 10.2 Å². The summed E-state index contributed by atoms with van der Waals surface area (Å²) in [6.07, 6.45) is 2.88. The molecule has 0 radical (unpaired) electrons. The molecule has 0 aliphatic rings. The quantitative estimate of drug-likeness (QED) is 0.573. The lowest BCUT2D eigenvalue weighted by Gasteiger charge is -2.00. The summed E-state index contributed by atoms with van der Waals surface area (Å²) >= 11 is 6.28. The van der Waals surface area contributed by atoms with E-state index in [2.05, 4.69) is 31.9 Å². The van der Waals surface area contributed by atoms with E-state index in [4.69, 9.17) is 4.74 Å². The third kappa shape index (κ3) is 4.30. The maximum atomic E-state index is 12.3. The molecular formula is C17H12Br2O4. The van der Waals surface area contributed by atoms with E-state index < -0.39 is 17.0 Å². The Morgan fingerprint density at radius 2 is 1.96 bits per heavy atom. The first-order chi connectivity index (χ1) is 10.9. The molecule has 0 aliphatic heterocycles. The number of rotatable bonds is 4. The summed E-state index contributed by atoms with van der Waals surface area (Å²) in [5.41, 5.74) is 0.0423. The Hall–Kier alpha value is -1.92. The molecule has 0 atom stereocenters. The average molecular weight is 440 g/mol. The molecule has 6 heteroatoms. The van der Waals surface area contributed by atoms with Gasteiger partial charge < -0.3 is 9.84 Å². The molecule has 0 spiro atoms. The number of aromatic hydroxyl groups is 1. The Morgan fingerprint density at radius 1 is 1.22 bits per heavy atom. The van der Waals surface area contributed by atoms with Crippen LogP contribution in [0.15, 0.2) is 56.2 Å². The molecule has 4 nitrogen and oxygen atoms in total. The van der Waals surface area contributed by atoms with E-state index in [0.717, 1.165) is 5.56 Å².